The molecule has 2 fully saturated rings. The van der Waals surface area contributed by atoms with Crippen molar-refractivity contribution in [3.8, 4) is 17.0 Å². The zero-order chi connectivity index (χ0) is 26.3. The first-order valence-electron chi connectivity index (χ1n) is 13.0. The lowest BCUT2D eigenvalue weighted by Gasteiger charge is -2.29. The maximum absolute atomic E-state index is 12.8. The molecule has 2 N–H and O–H groups in total. The second-order valence-corrected chi connectivity index (χ2v) is 11.9. The number of rotatable bonds is 8. The van der Waals surface area contributed by atoms with Gasteiger partial charge in [-0.15, -0.1) is 5.10 Å². The molecule has 0 atom stereocenters. The molecular weight excluding hydrogens is 500 g/mol. The van der Waals surface area contributed by atoms with Crippen LogP contribution >= 0.6 is 0 Å². The van der Waals surface area contributed by atoms with Gasteiger partial charge in [-0.05, 0) is 93.7 Å². The summed E-state index contributed by atoms with van der Waals surface area (Å²) in [6.45, 7) is 2.21. The fourth-order valence-corrected chi connectivity index (χ4v) is 6.37. The number of ether oxygens (including phenoxy) is 1. The molecule has 10 heteroatoms. The molecule has 0 unspecified atom stereocenters. The van der Waals surface area contributed by atoms with Crippen LogP contribution in [0.2, 0.25) is 0 Å². The first-order chi connectivity index (χ1) is 18.4. The first-order valence-corrected chi connectivity index (χ1v) is 14.5. The van der Waals surface area contributed by atoms with Gasteiger partial charge in [0.15, 0.2) is 0 Å². The van der Waals surface area contributed by atoms with Crippen molar-refractivity contribution >= 4 is 27.2 Å². The Hall–Kier alpha value is -3.47. The van der Waals surface area contributed by atoms with Gasteiger partial charge in [-0.1, -0.05) is 18.2 Å². The number of hydrogen-bond acceptors (Lipinski definition) is 7. The smallest absolute Gasteiger partial charge is 0.245 e. The third-order valence-corrected chi connectivity index (χ3v) is 8.92. The number of aromatic nitrogens is 3. The summed E-state index contributed by atoms with van der Waals surface area (Å²) in [5, 5.41) is 8.02. The minimum atomic E-state index is -3.56. The minimum absolute atomic E-state index is 0.0505. The molecule has 0 spiro atoms. The minimum Gasteiger partial charge on any atom is -0.495 e. The van der Waals surface area contributed by atoms with Crippen molar-refractivity contribution < 1.29 is 13.2 Å². The van der Waals surface area contributed by atoms with Crippen LogP contribution < -0.4 is 14.8 Å². The Morgan fingerprint density at radius 1 is 1.00 bits per heavy atom. The zero-order valence-electron chi connectivity index (χ0n) is 21.6. The third-order valence-electron chi connectivity index (χ3n) is 7.40. The largest absolute Gasteiger partial charge is 0.495 e. The van der Waals surface area contributed by atoms with Crippen molar-refractivity contribution in [1.29, 1.82) is 0 Å². The number of piperidine rings is 1. The van der Waals surface area contributed by atoms with Crippen molar-refractivity contribution in [1.82, 2.24) is 24.2 Å². The molecule has 6 rings (SSSR count). The number of nitrogens with one attached hydrogen (secondary N) is 2. The quantitative estimate of drug-likeness (QED) is 0.347. The molecule has 0 radical (unpaired) electrons. The van der Waals surface area contributed by atoms with Crippen LogP contribution in [0.25, 0.3) is 16.8 Å². The van der Waals surface area contributed by atoms with Gasteiger partial charge in [-0.25, -0.2) is 22.6 Å². The molecule has 0 bridgehead atoms. The maximum atomic E-state index is 12.8. The number of fused-ring (bicyclic) bond motifs is 1. The highest BCUT2D eigenvalue weighted by molar-refractivity contribution is 7.89. The SMILES string of the molecule is COc1cc(C2CCN(C)CC2)ccc1Nc1ncc2ccc(-c3cccc(S(=O)(=O)NC4CC4)c3)n2n1. The van der Waals surface area contributed by atoms with Crippen LogP contribution in [0.4, 0.5) is 11.6 Å². The Balaban J connectivity index is 1.27. The van der Waals surface area contributed by atoms with E-state index in [9.17, 15) is 8.42 Å². The highest BCUT2D eigenvalue weighted by Gasteiger charge is 2.28. The number of benzene rings is 2. The topological polar surface area (TPSA) is 101 Å². The number of hydrogen-bond donors (Lipinski definition) is 2. The number of methoxy groups -OCH3 is 1. The van der Waals surface area contributed by atoms with E-state index in [2.05, 4.69) is 39.1 Å². The molecule has 2 aromatic carbocycles. The van der Waals surface area contributed by atoms with Crippen LogP contribution in [0.5, 0.6) is 5.75 Å². The second-order valence-electron chi connectivity index (χ2n) is 10.2. The van der Waals surface area contributed by atoms with E-state index in [0.717, 1.165) is 67.0 Å². The van der Waals surface area contributed by atoms with E-state index in [0.29, 0.717) is 11.9 Å². The molecule has 38 heavy (non-hydrogen) atoms. The molecule has 1 aliphatic carbocycles. The van der Waals surface area contributed by atoms with Crippen molar-refractivity contribution in [3.63, 3.8) is 0 Å². The normalized spacial score (nSPS) is 17.1. The second kappa shape index (κ2) is 10.0. The van der Waals surface area contributed by atoms with Gasteiger partial charge in [0.25, 0.3) is 0 Å². The van der Waals surface area contributed by atoms with Crippen LogP contribution in [0, 0.1) is 0 Å². The van der Waals surface area contributed by atoms with E-state index in [1.807, 2.05) is 24.3 Å². The highest BCUT2D eigenvalue weighted by Crippen LogP contribution is 2.35. The fourth-order valence-electron chi connectivity index (χ4n) is 5.02. The van der Waals surface area contributed by atoms with Gasteiger partial charge >= 0.3 is 0 Å². The lowest BCUT2D eigenvalue weighted by Crippen LogP contribution is -2.29. The van der Waals surface area contributed by atoms with Gasteiger partial charge in [0, 0.05) is 11.6 Å². The van der Waals surface area contributed by atoms with E-state index in [1.165, 1.54) is 5.56 Å². The predicted molar refractivity (Wildman–Crippen MR) is 148 cm³/mol. The average Bonchev–Trinajstić information content (AvgIpc) is 3.63. The van der Waals surface area contributed by atoms with Gasteiger partial charge in [0.1, 0.15) is 5.75 Å². The van der Waals surface area contributed by atoms with Crippen LogP contribution in [-0.4, -0.2) is 61.2 Å². The summed E-state index contributed by atoms with van der Waals surface area (Å²) in [4.78, 5) is 7.11. The van der Waals surface area contributed by atoms with Crippen molar-refractivity contribution in [2.75, 3.05) is 32.6 Å². The van der Waals surface area contributed by atoms with Gasteiger partial charge in [0.05, 0.1) is 35.1 Å². The van der Waals surface area contributed by atoms with E-state index in [1.54, 1.807) is 36.0 Å². The van der Waals surface area contributed by atoms with E-state index < -0.39 is 10.0 Å². The molecule has 9 nitrogen and oxygen atoms in total. The fraction of sp³-hybridized carbons (Fsp3) is 0.357. The molecule has 1 aliphatic heterocycles. The molecule has 2 aromatic heterocycles. The van der Waals surface area contributed by atoms with Crippen molar-refractivity contribution in [2.24, 2.45) is 0 Å². The Morgan fingerprint density at radius 3 is 2.58 bits per heavy atom. The monoisotopic (exact) mass is 532 g/mol. The van der Waals surface area contributed by atoms with Crippen LogP contribution in [0.1, 0.15) is 37.2 Å². The molecule has 1 saturated carbocycles. The number of nitrogens with zero attached hydrogens (tertiary/aromatic N) is 4. The zero-order valence-corrected chi connectivity index (χ0v) is 22.4. The molecule has 0 amide bonds. The lowest BCUT2D eigenvalue weighted by atomic mass is 9.89. The van der Waals surface area contributed by atoms with Crippen LogP contribution in [-0.2, 0) is 10.0 Å². The number of likely N-dealkylation sites (tertiary alicyclic amines) is 1. The molecule has 1 saturated heterocycles. The standard InChI is InChI=1S/C28H32N6O3S/c1-33-14-12-19(13-15-33)20-6-10-25(27(17-20)37-2)30-28-29-18-23-9-11-26(34(23)31-28)21-4-3-5-24(16-21)38(35,36)32-22-7-8-22/h3-6,9-11,16-19,22,32H,7-8,12-15H2,1-2H3,(H,30,31). The summed E-state index contributed by atoms with van der Waals surface area (Å²) >= 11 is 0. The Morgan fingerprint density at radius 2 is 1.82 bits per heavy atom. The summed E-state index contributed by atoms with van der Waals surface area (Å²) in [7, 11) is 0.286. The average molecular weight is 533 g/mol. The van der Waals surface area contributed by atoms with E-state index >= 15 is 0 Å². The lowest BCUT2D eigenvalue weighted by molar-refractivity contribution is 0.255. The molecule has 198 valence electrons. The summed E-state index contributed by atoms with van der Waals surface area (Å²) < 4.78 is 35.7. The maximum Gasteiger partial charge on any atom is 0.245 e. The van der Waals surface area contributed by atoms with E-state index in [4.69, 9.17) is 9.84 Å². The van der Waals surface area contributed by atoms with Crippen LogP contribution in [0.15, 0.2) is 65.7 Å². The Labute approximate surface area is 222 Å². The first kappa shape index (κ1) is 24.8. The predicted octanol–water partition coefficient (Wildman–Crippen LogP) is 4.40. The summed E-state index contributed by atoms with van der Waals surface area (Å²) in [5.41, 5.74) is 4.42. The van der Waals surface area contributed by atoms with Gasteiger partial charge < -0.3 is 15.0 Å². The number of sulfonamides is 1. The highest BCUT2D eigenvalue weighted by atomic mass is 32.2. The van der Waals surface area contributed by atoms with Crippen molar-refractivity contribution in [2.45, 2.75) is 42.5 Å². The summed E-state index contributed by atoms with van der Waals surface area (Å²) in [6.07, 6.45) is 5.80. The summed E-state index contributed by atoms with van der Waals surface area (Å²) in [5.74, 6) is 1.70. The summed E-state index contributed by atoms with van der Waals surface area (Å²) in [6, 6.07) is 17.1. The molecule has 2 aliphatic rings. The van der Waals surface area contributed by atoms with Crippen LogP contribution in [0.3, 0.4) is 0 Å². The number of anilines is 2. The Kier molecular flexibility index (Phi) is 6.55. The molecule has 3 heterocycles. The molecule has 4 aromatic rings. The van der Waals surface area contributed by atoms with Gasteiger partial charge in [-0.2, -0.15) is 0 Å². The third kappa shape index (κ3) is 5.11. The van der Waals surface area contributed by atoms with Crippen molar-refractivity contribution in [3.05, 3.63) is 66.4 Å². The Bertz CT molecular complexity index is 1570. The van der Waals surface area contributed by atoms with Gasteiger partial charge in [-0.3, -0.25) is 0 Å². The van der Waals surface area contributed by atoms with E-state index in [-0.39, 0.29) is 10.9 Å². The molecular formula is C28H32N6O3S. The van der Waals surface area contributed by atoms with Gasteiger partial charge in [0.2, 0.25) is 16.0 Å².